The molecule has 0 aromatic carbocycles. The molecule has 0 aromatic heterocycles. The van der Waals surface area contributed by atoms with E-state index in [-0.39, 0.29) is 0 Å². The van der Waals surface area contributed by atoms with Gasteiger partial charge in [-0.15, -0.1) is 0 Å². The number of nitrogens with one attached hydrogen (secondary N) is 1. The molecule has 1 rings (SSSR count). The van der Waals surface area contributed by atoms with Gasteiger partial charge < -0.3 is 15.0 Å². The maximum atomic E-state index is 5.86. The Hall–Kier alpha value is -0.380. The number of morpholine rings is 1. The van der Waals surface area contributed by atoms with Crippen molar-refractivity contribution in [1.29, 1.82) is 0 Å². The molecule has 1 heterocycles. The minimum absolute atomic E-state index is 0.307. The topological polar surface area (TPSA) is 24.5 Å². The zero-order valence-corrected chi connectivity index (χ0v) is 11.0. The maximum Gasteiger partial charge on any atom is 0.0858 e. The normalized spacial score (nSPS) is 24.3. The lowest BCUT2D eigenvalue weighted by Gasteiger charge is -2.35. The Morgan fingerprint density at radius 1 is 1.56 bits per heavy atom. The van der Waals surface area contributed by atoms with Crippen molar-refractivity contribution in [3.63, 3.8) is 0 Å². The summed E-state index contributed by atoms with van der Waals surface area (Å²) in [6.45, 7) is 12.3. The van der Waals surface area contributed by atoms with Crippen LogP contribution in [-0.2, 0) is 4.74 Å². The number of nitrogens with zero attached hydrogens (tertiary/aromatic N) is 1. The van der Waals surface area contributed by atoms with Crippen LogP contribution in [0.15, 0.2) is 12.2 Å². The van der Waals surface area contributed by atoms with E-state index in [0.717, 1.165) is 39.1 Å². The number of likely N-dealkylation sites (N-methyl/N-ethyl adjacent to an activating group) is 2. The number of hydrogen-bond donors (Lipinski definition) is 1. The molecule has 0 aromatic rings. The zero-order chi connectivity index (χ0) is 12.0. The third-order valence-electron chi connectivity index (χ3n) is 3.22. The van der Waals surface area contributed by atoms with Gasteiger partial charge in [0.05, 0.1) is 12.7 Å². The van der Waals surface area contributed by atoms with Crippen LogP contribution in [0.2, 0.25) is 0 Å². The molecule has 2 atom stereocenters. The number of ether oxygens (including phenoxy) is 1. The average Bonchev–Trinajstić information content (AvgIpc) is 2.28. The van der Waals surface area contributed by atoms with E-state index in [1.165, 1.54) is 5.57 Å². The van der Waals surface area contributed by atoms with Crippen LogP contribution in [0.5, 0.6) is 0 Å². The van der Waals surface area contributed by atoms with E-state index in [1.54, 1.807) is 0 Å². The summed E-state index contributed by atoms with van der Waals surface area (Å²) in [6, 6.07) is 0.417. The Bertz CT molecular complexity index is 218. The van der Waals surface area contributed by atoms with Gasteiger partial charge in [0, 0.05) is 19.1 Å². The molecular formula is C13H26N2O. The molecule has 1 fully saturated rings. The van der Waals surface area contributed by atoms with Crippen LogP contribution in [0, 0.1) is 0 Å². The molecule has 0 radical (unpaired) electrons. The predicted octanol–water partition coefficient (Wildman–Crippen LogP) is 1.65. The highest BCUT2D eigenvalue weighted by molar-refractivity contribution is 4.99. The molecule has 0 spiro atoms. The summed E-state index contributed by atoms with van der Waals surface area (Å²) in [4.78, 5) is 2.34. The van der Waals surface area contributed by atoms with Gasteiger partial charge in [0.2, 0.25) is 0 Å². The highest BCUT2D eigenvalue weighted by Gasteiger charge is 2.26. The summed E-state index contributed by atoms with van der Waals surface area (Å²) in [7, 11) is 2.16. The fraction of sp³-hybridized carbons (Fsp3) is 0.846. The summed E-state index contributed by atoms with van der Waals surface area (Å²) < 4.78 is 5.86. The highest BCUT2D eigenvalue weighted by Crippen LogP contribution is 2.15. The second-order valence-corrected chi connectivity index (χ2v) is 4.64. The third-order valence-corrected chi connectivity index (χ3v) is 3.22. The molecule has 1 N–H and O–H groups in total. The first-order valence-electron chi connectivity index (χ1n) is 6.37. The van der Waals surface area contributed by atoms with Crippen LogP contribution >= 0.6 is 0 Å². The van der Waals surface area contributed by atoms with Crippen molar-refractivity contribution >= 4 is 0 Å². The molecule has 94 valence electrons. The van der Waals surface area contributed by atoms with Crippen molar-refractivity contribution in [1.82, 2.24) is 10.2 Å². The summed E-state index contributed by atoms with van der Waals surface area (Å²) in [6.07, 6.45) is 2.40. The van der Waals surface area contributed by atoms with Gasteiger partial charge in [0.1, 0.15) is 0 Å². The van der Waals surface area contributed by atoms with Crippen LogP contribution in [0.25, 0.3) is 0 Å². The fourth-order valence-corrected chi connectivity index (χ4v) is 2.11. The number of hydrogen-bond acceptors (Lipinski definition) is 3. The smallest absolute Gasteiger partial charge is 0.0858 e. The monoisotopic (exact) mass is 226 g/mol. The molecule has 1 saturated heterocycles. The zero-order valence-electron chi connectivity index (χ0n) is 11.0. The van der Waals surface area contributed by atoms with Crippen molar-refractivity contribution in [2.24, 2.45) is 0 Å². The Labute approximate surface area is 99.8 Å². The van der Waals surface area contributed by atoms with Crippen LogP contribution in [0.1, 0.15) is 26.7 Å². The van der Waals surface area contributed by atoms with Gasteiger partial charge in [0.15, 0.2) is 0 Å². The van der Waals surface area contributed by atoms with Crippen LogP contribution in [0.3, 0.4) is 0 Å². The van der Waals surface area contributed by atoms with Crippen LogP contribution in [0.4, 0.5) is 0 Å². The molecule has 3 heteroatoms. The van der Waals surface area contributed by atoms with Crippen LogP contribution in [-0.4, -0.2) is 50.3 Å². The second kappa shape index (κ2) is 7.05. The van der Waals surface area contributed by atoms with E-state index in [0.29, 0.717) is 12.1 Å². The Morgan fingerprint density at radius 3 is 2.88 bits per heavy atom. The molecule has 1 aliphatic heterocycles. The lowest BCUT2D eigenvalue weighted by molar-refractivity contribution is -0.0382. The van der Waals surface area contributed by atoms with E-state index in [2.05, 4.69) is 37.7 Å². The van der Waals surface area contributed by atoms with E-state index in [9.17, 15) is 0 Å². The first-order valence-corrected chi connectivity index (χ1v) is 6.37. The fourth-order valence-electron chi connectivity index (χ4n) is 2.11. The molecule has 2 unspecified atom stereocenters. The first-order chi connectivity index (χ1) is 7.67. The summed E-state index contributed by atoms with van der Waals surface area (Å²) in [5.41, 5.74) is 1.31. The van der Waals surface area contributed by atoms with Crippen molar-refractivity contribution in [3.05, 3.63) is 12.2 Å². The molecule has 0 aliphatic carbocycles. The summed E-state index contributed by atoms with van der Waals surface area (Å²) in [5.74, 6) is 0. The molecular weight excluding hydrogens is 200 g/mol. The van der Waals surface area contributed by atoms with E-state index >= 15 is 0 Å². The second-order valence-electron chi connectivity index (χ2n) is 4.64. The maximum absolute atomic E-state index is 5.86. The largest absolute Gasteiger partial charge is 0.374 e. The SMILES string of the molecule is C=C(CC)CC(NCC)C1CN(C)CCO1. The quantitative estimate of drug-likeness (QED) is 0.697. The minimum Gasteiger partial charge on any atom is -0.374 e. The van der Waals surface area contributed by atoms with Gasteiger partial charge in [-0.3, -0.25) is 0 Å². The summed E-state index contributed by atoms with van der Waals surface area (Å²) >= 11 is 0. The summed E-state index contributed by atoms with van der Waals surface area (Å²) in [5, 5.41) is 3.53. The standard InChI is InChI=1S/C13H26N2O/c1-5-11(3)9-12(14-6-2)13-10-15(4)7-8-16-13/h12-14H,3,5-10H2,1-2,4H3. The molecule has 1 aliphatic rings. The minimum atomic E-state index is 0.307. The van der Waals surface area contributed by atoms with E-state index < -0.39 is 0 Å². The van der Waals surface area contributed by atoms with Gasteiger partial charge >= 0.3 is 0 Å². The van der Waals surface area contributed by atoms with Crippen molar-refractivity contribution in [2.45, 2.75) is 38.8 Å². The Kier molecular flexibility index (Phi) is 6.03. The van der Waals surface area contributed by atoms with E-state index in [1.807, 2.05) is 0 Å². The third kappa shape index (κ3) is 4.24. The molecule has 0 bridgehead atoms. The first kappa shape index (κ1) is 13.7. The predicted molar refractivity (Wildman–Crippen MR) is 68.7 cm³/mol. The lowest BCUT2D eigenvalue weighted by atomic mass is 9.99. The molecule has 16 heavy (non-hydrogen) atoms. The van der Waals surface area contributed by atoms with Crippen LogP contribution < -0.4 is 5.32 Å². The average molecular weight is 226 g/mol. The van der Waals surface area contributed by atoms with E-state index in [4.69, 9.17) is 4.74 Å². The molecule has 0 saturated carbocycles. The van der Waals surface area contributed by atoms with Gasteiger partial charge in [-0.1, -0.05) is 26.0 Å². The van der Waals surface area contributed by atoms with Crippen molar-refractivity contribution in [2.75, 3.05) is 33.3 Å². The molecule has 0 amide bonds. The molecule has 3 nitrogen and oxygen atoms in total. The lowest BCUT2D eigenvalue weighted by Crippen LogP contribution is -2.51. The van der Waals surface area contributed by atoms with Crippen molar-refractivity contribution < 1.29 is 4.74 Å². The number of rotatable bonds is 6. The Balaban J connectivity index is 2.50. The van der Waals surface area contributed by atoms with Gasteiger partial charge in [-0.25, -0.2) is 0 Å². The van der Waals surface area contributed by atoms with Crippen molar-refractivity contribution in [3.8, 4) is 0 Å². The Morgan fingerprint density at radius 2 is 2.31 bits per heavy atom. The van der Waals surface area contributed by atoms with Gasteiger partial charge in [-0.05, 0) is 26.4 Å². The van der Waals surface area contributed by atoms with Gasteiger partial charge in [0.25, 0.3) is 0 Å². The van der Waals surface area contributed by atoms with Gasteiger partial charge in [-0.2, -0.15) is 0 Å². The highest BCUT2D eigenvalue weighted by atomic mass is 16.5.